The minimum Gasteiger partial charge on any atom is -0.310 e. The van der Waals surface area contributed by atoms with Crippen LogP contribution in [0.5, 0.6) is 0 Å². The number of para-hydroxylation sites is 1. The van der Waals surface area contributed by atoms with E-state index in [0.29, 0.717) is 0 Å². The maximum atomic E-state index is 2.48. The highest BCUT2D eigenvalue weighted by atomic mass is 15.1. The van der Waals surface area contributed by atoms with Crippen LogP contribution in [0, 0.1) is 0 Å². The van der Waals surface area contributed by atoms with Crippen molar-refractivity contribution in [3.05, 3.63) is 218 Å². The van der Waals surface area contributed by atoms with Gasteiger partial charge in [-0.05, 0) is 92.3 Å². The lowest BCUT2D eigenvalue weighted by Crippen LogP contribution is -2.11. The number of hydrogen-bond donors (Lipinski definition) is 0. The van der Waals surface area contributed by atoms with Crippen LogP contribution in [-0.2, 0) is 0 Å². The standard InChI is InChI=1S/C54H36N2/c1-4-16-37(17-5-1)38-28-30-43(31-29-38)55(51-35-41-21-10-12-24-45(41)47-26-14-15-27-48(47)51)44-32-33-49-52(36-44)56(42-22-8-3-9-23-42)54-46-25-13-11-20-40(46)34-50(53(49)54)39-18-6-2-7-19-39/h1-36H. The average molecular weight is 713 g/mol. The van der Waals surface area contributed by atoms with Gasteiger partial charge in [0.1, 0.15) is 0 Å². The van der Waals surface area contributed by atoms with E-state index >= 15 is 0 Å². The van der Waals surface area contributed by atoms with Gasteiger partial charge in [0, 0.05) is 38.6 Å². The highest BCUT2D eigenvalue weighted by molar-refractivity contribution is 6.24. The fourth-order valence-corrected chi connectivity index (χ4v) is 8.78. The Bertz CT molecular complexity index is 3220. The summed E-state index contributed by atoms with van der Waals surface area (Å²) in [6.07, 6.45) is 0. The average Bonchev–Trinajstić information content (AvgIpc) is 3.62. The molecule has 0 N–H and O–H groups in total. The first-order valence-electron chi connectivity index (χ1n) is 19.3. The number of aromatic nitrogens is 1. The van der Waals surface area contributed by atoms with Crippen molar-refractivity contribution >= 4 is 71.2 Å². The monoisotopic (exact) mass is 712 g/mol. The first-order valence-corrected chi connectivity index (χ1v) is 19.3. The number of rotatable bonds is 6. The summed E-state index contributed by atoms with van der Waals surface area (Å²) in [6, 6.07) is 79.5. The Morgan fingerprint density at radius 3 is 1.59 bits per heavy atom. The molecule has 0 aliphatic carbocycles. The van der Waals surface area contributed by atoms with Gasteiger partial charge < -0.3 is 9.47 Å². The van der Waals surface area contributed by atoms with Gasteiger partial charge in [0.05, 0.1) is 16.7 Å². The lowest BCUT2D eigenvalue weighted by molar-refractivity contribution is 1.18. The molecule has 0 amide bonds. The molecule has 0 saturated heterocycles. The fourth-order valence-electron chi connectivity index (χ4n) is 8.78. The van der Waals surface area contributed by atoms with Gasteiger partial charge in [0.15, 0.2) is 0 Å². The second-order valence-corrected chi connectivity index (χ2v) is 14.5. The molecule has 1 aromatic heterocycles. The molecule has 0 aliphatic rings. The second kappa shape index (κ2) is 13.2. The first-order chi connectivity index (χ1) is 27.8. The van der Waals surface area contributed by atoms with Gasteiger partial charge in [0.25, 0.3) is 0 Å². The van der Waals surface area contributed by atoms with Crippen LogP contribution in [0.1, 0.15) is 0 Å². The van der Waals surface area contributed by atoms with Crippen LogP contribution in [0.4, 0.5) is 17.1 Å². The Morgan fingerprint density at radius 2 is 0.875 bits per heavy atom. The molecular weight excluding hydrogens is 677 g/mol. The van der Waals surface area contributed by atoms with Crippen molar-refractivity contribution in [1.82, 2.24) is 4.57 Å². The molecule has 2 nitrogen and oxygen atoms in total. The van der Waals surface area contributed by atoms with Crippen LogP contribution in [0.25, 0.3) is 82.1 Å². The molecule has 0 unspecified atom stereocenters. The molecule has 56 heavy (non-hydrogen) atoms. The predicted octanol–water partition coefficient (Wildman–Crippen LogP) is 15.0. The maximum absolute atomic E-state index is 2.48. The summed E-state index contributed by atoms with van der Waals surface area (Å²) < 4.78 is 2.48. The molecule has 0 bridgehead atoms. The third-order valence-corrected chi connectivity index (χ3v) is 11.3. The Hall–Kier alpha value is -7.42. The van der Waals surface area contributed by atoms with Crippen LogP contribution >= 0.6 is 0 Å². The molecule has 1 heterocycles. The number of hydrogen-bond acceptors (Lipinski definition) is 1. The number of fused-ring (bicyclic) bond motifs is 8. The highest BCUT2D eigenvalue weighted by Gasteiger charge is 2.23. The van der Waals surface area contributed by atoms with Gasteiger partial charge >= 0.3 is 0 Å². The van der Waals surface area contributed by atoms with E-state index < -0.39 is 0 Å². The highest BCUT2D eigenvalue weighted by Crippen LogP contribution is 2.47. The van der Waals surface area contributed by atoms with Crippen molar-refractivity contribution < 1.29 is 0 Å². The van der Waals surface area contributed by atoms with E-state index in [1.54, 1.807) is 0 Å². The summed E-state index contributed by atoms with van der Waals surface area (Å²) in [6.45, 7) is 0. The third kappa shape index (κ3) is 5.19. The van der Waals surface area contributed by atoms with Gasteiger partial charge in [-0.2, -0.15) is 0 Å². The minimum atomic E-state index is 1.09. The molecule has 10 aromatic carbocycles. The molecule has 11 rings (SSSR count). The Morgan fingerprint density at radius 1 is 0.339 bits per heavy atom. The molecule has 2 heteroatoms. The number of nitrogens with zero attached hydrogens (tertiary/aromatic N) is 2. The summed E-state index contributed by atoms with van der Waals surface area (Å²) in [5.41, 5.74) is 11.7. The predicted molar refractivity (Wildman–Crippen MR) is 239 cm³/mol. The quantitative estimate of drug-likeness (QED) is 0.156. The summed E-state index contributed by atoms with van der Waals surface area (Å²) in [5, 5.41) is 9.86. The first kappa shape index (κ1) is 32.0. The second-order valence-electron chi connectivity index (χ2n) is 14.5. The van der Waals surface area contributed by atoms with Crippen LogP contribution < -0.4 is 4.90 Å². The number of benzene rings is 10. The molecule has 0 aliphatic heterocycles. The molecule has 0 atom stereocenters. The number of anilines is 3. The van der Waals surface area contributed by atoms with Crippen molar-refractivity contribution in [3.8, 4) is 27.9 Å². The van der Waals surface area contributed by atoms with E-state index in [2.05, 4.69) is 228 Å². The molecule has 0 fully saturated rings. The van der Waals surface area contributed by atoms with E-state index in [0.717, 1.165) is 28.3 Å². The molecule has 0 radical (unpaired) electrons. The van der Waals surface area contributed by atoms with Gasteiger partial charge in [0.2, 0.25) is 0 Å². The van der Waals surface area contributed by atoms with E-state index in [1.807, 2.05) is 0 Å². The van der Waals surface area contributed by atoms with Crippen LogP contribution in [0.2, 0.25) is 0 Å². The molecular formula is C54H36N2. The SMILES string of the molecule is c1ccc(-c2ccc(N(c3ccc4c5c(-c6ccccc6)cc6ccccc6c5n(-c5ccccc5)c4c3)c3cc4ccccc4c4ccccc34)cc2)cc1. The molecule has 0 saturated carbocycles. The lowest BCUT2D eigenvalue weighted by atomic mass is 9.95. The van der Waals surface area contributed by atoms with Crippen LogP contribution in [0.3, 0.4) is 0 Å². The van der Waals surface area contributed by atoms with E-state index in [1.165, 1.54) is 70.9 Å². The minimum absolute atomic E-state index is 1.09. The van der Waals surface area contributed by atoms with Crippen molar-refractivity contribution in [2.24, 2.45) is 0 Å². The molecule has 0 spiro atoms. The molecule has 262 valence electrons. The topological polar surface area (TPSA) is 8.17 Å². The summed E-state index contributed by atoms with van der Waals surface area (Å²) in [4.78, 5) is 2.45. The van der Waals surface area contributed by atoms with Gasteiger partial charge in [-0.1, -0.05) is 170 Å². The normalized spacial score (nSPS) is 11.6. The van der Waals surface area contributed by atoms with Gasteiger partial charge in [-0.25, -0.2) is 0 Å². The lowest BCUT2D eigenvalue weighted by Gasteiger charge is -2.28. The summed E-state index contributed by atoms with van der Waals surface area (Å²) >= 11 is 0. The zero-order valence-electron chi connectivity index (χ0n) is 30.7. The van der Waals surface area contributed by atoms with E-state index in [-0.39, 0.29) is 0 Å². The zero-order valence-corrected chi connectivity index (χ0v) is 30.7. The molecule has 11 aromatic rings. The summed E-state index contributed by atoms with van der Waals surface area (Å²) in [5.74, 6) is 0. The van der Waals surface area contributed by atoms with Crippen molar-refractivity contribution in [2.45, 2.75) is 0 Å². The van der Waals surface area contributed by atoms with Crippen molar-refractivity contribution in [2.75, 3.05) is 4.90 Å². The zero-order chi connectivity index (χ0) is 37.0. The van der Waals surface area contributed by atoms with Crippen molar-refractivity contribution in [1.29, 1.82) is 0 Å². The van der Waals surface area contributed by atoms with E-state index in [4.69, 9.17) is 0 Å². The van der Waals surface area contributed by atoms with Gasteiger partial charge in [-0.15, -0.1) is 0 Å². The Balaban J connectivity index is 1.24. The fraction of sp³-hybridized carbons (Fsp3) is 0. The maximum Gasteiger partial charge on any atom is 0.0625 e. The van der Waals surface area contributed by atoms with Crippen molar-refractivity contribution in [3.63, 3.8) is 0 Å². The Labute approximate surface area is 325 Å². The third-order valence-electron chi connectivity index (χ3n) is 11.3. The van der Waals surface area contributed by atoms with Crippen LogP contribution in [0.15, 0.2) is 218 Å². The Kier molecular flexibility index (Phi) is 7.53. The summed E-state index contributed by atoms with van der Waals surface area (Å²) in [7, 11) is 0. The van der Waals surface area contributed by atoms with E-state index in [9.17, 15) is 0 Å². The van der Waals surface area contributed by atoms with Gasteiger partial charge in [-0.3, -0.25) is 0 Å². The van der Waals surface area contributed by atoms with Crippen LogP contribution in [-0.4, -0.2) is 4.57 Å². The smallest absolute Gasteiger partial charge is 0.0625 e. The largest absolute Gasteiger partial charge is 0.310 e.